The van der Waals surface area contributed by atoms with Crippen LogP contribution in [0.4, 0.5) is 0 Å². The third-order valence-electron chi connectivity index (χ3n) is 6.04. The van der Waals surface area contributed by atoms with Crippen molar-refractivity contribution in [3.63, 3.8) is 0 Å². The maximum Gasteiger partial charge on any atom is 0.223 e. The van der Waals surface area contributed by atoms with Crippen molar-refractivity contribution in [2.45, 2.75) is 25.3 Å². The zero-order chi connectivity index (χ0) is 19.8. The van der Waals surface area contributed by atoms with Gasteiger partial charge in [0, 0.05) is 56.6 Å². The first-order chi connectivity index (χ1) is 14.2. The number of carbonyl (C=O) groups excluding carboxylic acids is 1. The van der Waals surface area contributed by atoms with Crippen molar-refractivity contribution in [3.8, 4) is 11.5 Å². The van der Waals surface area contributed by atoms with Crippen molar-refractivity contribution in [2.24, 2.45) is 18.9 Å². The summed E-state index contributed by atoms with van der Waals surface area (Å²) in [4.78, 5) is 18.9. The van der Waals surface area contributed by atoms with Gasteiger partial charge in [-0.2, -0.15) is 5.10 Å². The molecule has 4 heterocycles. The van der Waals surface area contributed by atoms with E-state index < -0.39 is 0 Å². The van der Waals surface area contributed by atoms with Gasteiger partial charge < -0.3 is 14.3 Å². The van der Waals surface area contributed by atoms with Crippen LogP contribution in [0.25, 0.3) is 11.5 Å². The molecule has 2 fully saturated rings. The minimum atomic E-state index is 0.211. The molecular formula is C21H26N6O2. The van der Waals surface area contributed by atoms with Gasteiger partial charge in [0.15, 0.2) is 5.76 Å². The number of amides is 1. The molecule has 5 rings (SSSR count). The van der Waals surface area contributed by atoms with Gasteiger partial charge in [0.05, 0.1) is 12.9 Å². The molecule has 152 valence electrons. The molecule has 3 aromatic heterocycles. The van der Waals surface area contributed by atoms with Gasteiger partial charge >= 0.3 is 0 Å². The van der Waals surface area contributed by atoms with E-state index in [1.165, 1.54) is 5.69 Å². The Morgan fingerprint density at radius 1 is 1.31 bits per heavy atom. The van der Waals surface area contributed by atoms with Crippen molar-refractivity contribution in [2.75, 3.05) is 19.6 Å². The lowest BCUT2D eigenvalue weighted by Gasteiger charge is -2.19. The van der Waals surface area contributed by atoms with Crippen LogP contribution >= 0.6 is 0 Å². The third kappa shape index (κ3) is 3.85. The second-order valence-corrected chi connectivity index (χ2v) is 8.25. The van der Waals surface area contributed by atoms with Crippen LogP contribution in [0, 0.1) is 11.8 Å². The van der Waals surface area contributed by atoms with Crippen molar-refractivity contribution in [3.05, 3.63) is 48.4 Å². The summed E-state index contributed by atoms with van der Waals surface area (Å²) < 4.78 is 8.10. The number of H-pyrrole nitrogens is 1. The van der Waals surface area contributed by atoms with E-state index in [1.807, 2.05) is 37.8 Å². The minimum Gasteiger partial charge on any atom is -0.458 e. The van der Waals surface area contributed by atoms with Crippen molar-refractivity contribution in [1.29, 1.82) is 0 Å². The lowest BCUT2D eigenvalue weighted by Crippen LogP contribution is -2.33. The van der Waals surface area contributed by atoms with E-state index in [0.29, 0.717) is 18.4 Å². The molecule has 1 saturated carbocycles. The Hall–Kier alpha value is -2.87. The van der Waals surface area contributed by atoms with Crippen molar-refractivity contribution >= 4 is 5.91 Å². The van der Waals surface area contributed by atoms with Crippen LogP contribution in [0.15, 0.2) is 41.3 Å². The molecule has 0 unspecified atom stereocenters. The van der Waals surface area contributed by atoms with Crippen LogP contribution in [0.1, 0.15) is 30.2 Å². The van der Waals surface area contributed by atoms with Gasteiger partial charge in [-0.25, -0.2) is 4.98 Å². The van der Waals surface area contributed by atoms with Gasteiger partial charge in [-0.1, -0.05) is 0 Å². The molecule has 2 N–H and O–H groups in total. The zero-order valence-corrected chi connectivity index (χ0v) is 16.5. The highest BCUT2D eigenvalue weighted by Gasteiger charge is 2.37. The van der Waals surface area contributed by atoms with Gasteiger partial charge in [-0.15, -0.1) is 0 Å². The Morgan fingerprint density at radius 3 is 2.93 bits per heavy atom. The van der Waals surface area contributed by atoms with Crippen molar-refractivity contribution < 1.29 is 9.21 Å². The van der Waals surface area contributed by atoms with Gasteiger partial charge in [0.1, 0.15) is 11.5 Å². The first-order valence-corrected chi connectivity index (χ1v) is 10.2. The molecule has 1 aliphatic carbocycles. The average Bonchev–Trinajstić information content (AvgIpc) is 3.13. The topological polar surface area (TPSA) is 92.0 Å². The molecule has 8 nitrogen and oxygen atoms in total. The summed E-state index contributed by atoms with van der Waals surface area (Å²) >= 11 is 0. The van der Waals surface area contributed by atoms with Gasteiger partial charge in [0.2, 0.25) is 5.91 Å². The quantitative estimate of drug-likeness (QED) is 0.641. The molecule has 3 aromatic rings. The van der Waals surface area contributed by atoms with Crippen LogP contribution < -0.4 is 5.32 Å². The SMILES string of the molecule is Cn1cncc1[C@@H]1CN(Cc2ccc(-c3ccn[nH]3)o2)C[C@H]1CNC(=O)C1CC1. The first kappa shape index (κ1) is 18.2. The summed E-state index contributed by atoms with van der Waals surface area (Å²) in [5, 5.41) is 10.1. The summed E-state index contributed by atoms with van der Waals surface area (Å²) in [6, 6.07) is 5.90. The highest BCUT2D eigenvalue weighted by molar-refractivity contribution is 5.80. The van der Waals surface area contributed by atoms with Gasteiger partial charge in [-0.05, 0) is 37.0 Å². The molecule has 1 saturated heterocycles. The lowest BCUT2D eigenvalue weighted by atomic mass is 9.93. The average molecular weight is 394 g/mol. The highest BCUT2D eigenvalue weighted by Crippen LogP contribution is 2.34. The highest BCUT2D eigenvalue weighted by atomic mass is 16.3. The molecule has 0 bridgehead atoms. The molecule has 2 atom stereocenters. The number of aryl methyl sites for hydroxylation is 1. The summed E-state index contributed by atoms with van der Waals surface area (Å²) in [6.45, 7) is 3.29. The Labute approximate surface area is 169 Å². The van der Waals surface area contributed by atoms with Crippen LogP contribution in [-0.2, 0) is 18.4 Å². The molecule has 8 heteroatoms. The monoisotopic (exact) mass is 394 g/mol. The maximum atomic E-state index is 12.1. The van der Waals surface area contributed by atoms with Crippen LogP contribution in [-0.4, -0.2) is 50.2 Å². The largest absolute Gasteiger partial charge is 0.458 e. The molecule has 29 heavy (non-hydrogen) atoms. The number of hydrogen-bond donors (Lipinski definition) is 2. The number of likely N-dealkylation sites (tertiary alicyclic amines) is 1. The Balaban J connectivity index is 1.28. The van der Waals surface area contributed by atoms with E-state index in [4.69, 9.17) is 4.42 Å². The summed E-state index contributed by atoms with van der Waals surface area (Å²) in [7, 11) is 2.04. The van der Waals surface area contributed by atoms with E-state index >= 15 is 0 Å². The van der Waals surface area contributed by atoms with Crippen LogP contribution in [0.2, 0.25) is 0 Å². The molecule has 1 aliphatic heterocycles. The third-order valence-corrected chi connectivity index (χ3v) is 6.04. The number of carbonyl (C=O) groups is 1. The van der Waals surface area contributed by atoms with Gasteiger partial charge in [0.25, 0.3) is 0 Å². The molecule has 0 radical (unpaired) electrons. The Morgan fingerprint density at radius 2 is 2.21 bits per heavy atom. The summed E-state index contributed by atoms with van der Waals surface area (Å²) in [6.07, 6.45) is 7.58. The van der Waals surface area contributed by atoms with E-state index in [1.54, 1.807) is 6.20 Å². The lowest BCUT2D eigenvalue weighted by molar-refractivity contribution is -0.122. The number of furan rings is 1. The zero-order valence-electron chi connectivity index (χ0n) is 16.5. The summed E-state index contributed by atoms with van der Waals surface area (Å²) in [5.41, 5.74) is 2.10. The normalized spacial score (nSPS) is 22.2. The van der Waals surface area contributed by atoms with Gasteiger partial charge in [-0.3, -0.25) is 14.8 Å². The fourth-order valence-corrected chi connectivity index (χ4v) is 4.30. The number of hydrogen-bond acceptors (Lipinski definition) is 5. The van der Waals surface area contributed by atoms with Crippen molar-refractivity contribution in [1.82, 2.24) is 30.0 Å². The van der Waals surface area contributed by atoms with Crippen LogP contribution in [0.5, 0.6) is 0 Å². The number of nitrogens with zero attached hydrogens (tertiary/aromatic N) is 4. The van der Waals surface area contributed by atoms with E-state index in [2.05, 4.69) is 30.0 Å². The molecule has 0 aromatic carbocycles. The molecule has 1 amide bonds. The standard InChI is InChI=1S/C21H26N6O2/c1-26-13-22-9-19(26)17-12-27(10-15(17)8-23-21(28)14-2-3-14)11-16-4-5-20(29-16)18-6-7-24-25-18/h4-7,9,13-15,17H,2-3,8,10-12H2,1H3,(H,23,28)(H,24,25)/t15-,17-/m1/s1. The molecular weight excluding hydrogens is 368 g/mol. The van der Waals surface area contributed by atoms with Crippen LogP contribution in [0.3, 0.4) is 0 Å². The van der Waals surface area contributed by atoms with E-state index in [-0.39, 0.29) is 11.8 Å². The maximum absolute atomic E-state index is 12.1. The number of nitrogens with one attached hydrogen (secondary N) is 2. The summed E-state index contributed by atoms with van der Waals surface area (Å²) in [5.74, 6) is 2.88. The smallest absolute Gasteiger partial charge is 0.223 e. The second-order valence-electron chi connectivity index (χ2n) is 8.25. The predicted octanol–water partition coefficient (Wildman–Crippen LogP) is 2.14. The number of aromatic nitrogens is 4. The number of aromatic amines is 1. The predicted molar refractivity (Wildman–Crippen MR) is 107 cm³/mol. The first-order valence-electron chi connectivity index (χ1n) is 10.2. The fraction of sp³-hybridized carbons (Fsp3) is 0.476. The minimum absolute atomic E-state index is 0.211. The second kappa shape index (κ2) is 7.51. The molecule has 0 spiro atoms. The number of imidazole rings is 1. The number of rotatable bonds is 7. The fourth-order valence-electron chi connectivity index (χ4n) is 4.30. The van der Waals surface area contributed by atoms with E-state index in [0.717, 1.165) is 49.7 Å². The van der Waals surface area contributed by atoms with E-state index in [9.17, 15) is 4.79 Å². The molecule has 2 aliphatic rings. The Bertz CT molecular complexity index is 971. The Kier molecular flexibility index (Phi) is 4.71.